The van der Waals surface area contributed by atoms with Crippen molar-refractivity contribution < 1.29 is 4.79 Å². The third-order valence-corrected chi connectivity index (χ3v) is 3.40. The largest absolute Gasteiger partial charge is 0.384 e. The van der Waals surface area contributed by atoms with Gasteiger partial charge in [0, 0.05) is 24.3 Å². The summed E-state index contributed by atoms with van der Waals surface area (Å²) in [4.78, 5) is 18.3. The molecule has 0 radical (unpaired) electrons. The molecule has 0 aliphatic heterocycles. The highest BCUT2D eigenvalue weighted by atomic mass is 16.2. The number of carbonyl (C=O) groups is 1. The van der Waals surface area contributed by atoms with Gasteiger partial charge < -0.3 is 10.6 Å². The highest BCUT2D eigenvalue weighted by Crippen LogP contribution is 2.15. The van der Waals surface area contributed by atoms with E-state index in [0.29, 0.717) is 17.3 Å². The first-order chi connectivity index (χ1) is 8.36. The minimum absolute atomic E-state index is 0.000000000000000222. The van der Waals surface area contributed by atoms with Gasteiger partial charge in [0.15, 0.2) is 0 Å². The summed E-state index contributed by atoms with van der Waals surface area (Å²) in [5, 5.41) is 0. The first-order valence-electron chi connectivity index (χ1n) is 6.40. The molecule has 0 fully saturated rings. The average Bonchev–Trinajstić information content (AvgIpc) is 2.34. The summed E-state index contributed by atoms with van der Waals surface area (Å²) in [5.41, 5.74) is 7.20. The lowest BCUT2D eigenvalue weighted by molar-refractivity contribution is 0.0707. The SMILES string of the molecule is CCc1cc(C(=O)N(C)C(C)C(C)C)cc(N)n1. The Labute approximate surface area is 109 Å². The number of anilines is 1. The topological polar surface area (TPSA) is 59.2 Å². The van der Waals surface area contributed by atoms with E-state index in [0.717, 1.165) is 12.1 Å². The number of amides is 1. The zero-order chi connectivity index (χ0) is 13.9. The number of nitrogens with zero attached hydrogens (tertiary/aromatic N) is 2. The molecule has 1 unspecified atom stereocenters. The summed E-state index contributed by atoms with van der Waals surface area (Å²) < 4.78 is 0. The smallest absolute Gasteiger partial charge is 0.254 e. The molecule has 0 bridgehead atoms. The molecule has 0 aromatic carbocycles. The van der Waals surface area contributed by atoms with Crippen LogP contribution in [0.4, 0.5) is 5.82 Å². The maximum atomic E-state index is 12.4. The molecule has 4 nitrogen and oxygen atoms in total. The number of carbonyl (C=O) groups excluding carboxylic acids is 1. The van der Waals surface area contributed by atoms with Crippen LogP contribution in [0, 0.1) is 5.92 Å². The van der Waals surface area contributed by atoms with Crippen LogP contribution in [0.2, 0.25) is 0 Å². The number of pyridine rings is 1. The highest BCUT2D eigenvalue weighted by Gasteiger charge is 2.20. The van der Waals surface area contributed by atoms with E-state index in [9.17, 15) is 4.79 Å². The molecule has 100 valence electrons. The molecule has 1 atom stereocenters. The fourth-order valence-corrected chi connectivity index (χ4v) is 1.75. The van der Waals surface area contributed by atoms with Crippen molar-refractivity contribution in [2.24, 2.45) is 5.92 Å². The van der Waals surface area contributed by atoms with Gasteiger partial charge in [0.05, 0.1) is 0 Å². The molecular formula is C14H23N3O. The summed E-state index contributed by atoms with van der Waals surface area (Å²) in [6, 6.07) is 3.66. The minimum Gasteiger partial charge on any atom is -0.384 e. The van der Waals surface area contributed by atoms with Gasteiger partial charge in [-0.1, -0.05) is 20.8 Å². The number of aromatic nitrogens is 1. The van der Waals surface area contributed by atoms with Crippen molar-refractivity contribution in [3.8, 4) is 0 Å². The molecule has 4 heteroatoms. The Balaban J connectivity index is 3.00. The maximum Gasteiger partial charge on any atom is 0.254 e. The second kappa shape index (κ2) is 5.85. The van der Waals surface area contributed by atoms with E-state index in [1.54, 1.807) is 11.0 Å². The normalized spacial score (nSPS) is 12.6. The standard InChI is InChI=1S/C14H23N3O/c1-6-12-7-11(8-13(15)16-12)14(18)17(5)10(4)9(2)3/h7-10H,6H2,1-5H3,(H2,15,16). The molecule has 1 aromatic rings. The van der Waals surface area contributed by atoms with Crippen LogP contribution in [0.3, 0.4) is 0 Å². The van der Waals surface area contributed by atoms with Gasteiger partial charge in [-0.25, -0.2) is 4.98 Å². The highest BCUT2D eigenvalue weighted by molar-refractivity contribution is 5.95. The zero-order valence-electron chi connectivity index (χ0n) is 11.9. The van der Waals surface area contributed by atoms with Crippen molar-refractivity contribution in [3.05, 3.63) is 23.4 Å². The van der Waals surface area contributed by atoms with Crippen molar-refractivity contribution >= 4 is 11.7 Å². The second-order valence-electron chi connectivity index (χ2n) is 5.03. The molecule has 1 heterocycles. The maximum absolute atomic E-state index is 12.4. The van der Waals surface area contributed by atoms with E-state index in [1.807, 2.05) is 27.0 Å². The fourth-order valence-electron chi connectivity index (χ4n) is 1.75. The monoisotopic (exact) mass is 249 g/mol. The quantitative estimate of drug-likeness (QED) is 0.891. The lowest BCUT2D eigenvalue weighted by Gasteiger charge is -2.28. The van der Waals surface area contributed by atoms with E-state index in [1.165, 1.54) is 0 Å². The number of nitrogen functional groups attached to an aromatic ring is 1. The molecule has 0 saturated carbocycles. The van der Waals surface area contributed by atoms with Crippen LogP contribution < -0.4 is 5.73 Å². The van der Waals surface area contributed by atoms with E-state index < -0.39 is 0 Å². The van der Waals surface area contributed by atoms with Crippen LogP contribution in [0.25, 0.3) is 0 Å². The molecule has 2 N–H and O–H groups in total. The van der Waals surface area contributed by atoms with Gasteiger partial charge in [-0.15, -0.1) is 0 Å². The predicted molar refractivity (Wildman–Crippen MR) is 74.4 cm³/mol. The van der Waals surface area contributed by atoms with Gasteiger partial charge in [-0.05, 0) is 31.4 Å². The third-order valence-electron chi connectivity index (χ3n) is 3.40. The summed E-state index contributed by atoms with van der Waals surface area (Å²) in [6.45, 7) is 8.25. The molecule has 0 aliphatic rings. The molecule has 1 rings (SSSR count). The molecular weight excluding hydrogens is 226 g/mol. The van der Waals surface area contributed by atoms with Crippen LogP contribution in [0.5, 0.6) is 0 Å². The van der Waals surface area contributed by atoms with Crippen molar-refractivity contribution in [2.45, 2.75) is 40.2 Å². The summed E-state index contributed by atoms with van der Waals surface area (Å²) in [5.74, 6) is 0.826. The van der Waals surface area contributed by atoms with Gasteiger partial charge in [0.1, 0.15) is 5.82 Å². The fraction of sp³-hybridized carbons (Fsp3) is 0.571. The van der Waals surface area contributed by atoms with E-state index in [2.05, 4.69) is 18.8 Å². The third kappa shape index (κ3) is 3.22. The lowest BCUT2D eigenvalue weighted by Crippen LogP contribution is -2.38. The molecule has 18 heavy (non-hydrogen) atoms. The molecule has 0 spiro atoms. The zero-order valence-corrected chi connectivity index (χ0v) is 11.9. The van der Waals surface area contributed by atoms with E-state index in [-0.39, 0.29) is 11.9 Å². The van der Waals surface area contributed by atoms with Crippen molar-refractivity contribution in [2.75, 3.05) is 12.8 Å². The Morgan fingerprint density at radius 3 is 2.50 bits per heavy atom. The first kappa shape index (κ1) is 14.5. The summed E-state index contributed by atoms with van der Waals surface area (Å²) >= 11 is 0. The van der Waals surface area contributed by atoms with Gasteiger partial charge in [-0.2, -0.15) is 0 Å². The Kier molecular flexibility index (Phi) is 4.70. The van der Waals surface area contributed by atoms with Crippen LogP contribution in [-0.2, 0) is 6.42 Å². The molecule has 0 aliphatic carbocycles. The van der Waals surface area contributed by atoms with Crippen LogP contribution in [-0.4, -0.2) is 28.9 Å². The number of hydrogen-bond donors (Lipinski definition) is 1. The Bertz CT molecular complexity index is 429. The summed E-state index contributed by atoms with van der Waals surface area (Å²) in [6.07, 6.45) is 0.773. The van der Waals surface area contributed by atoms with Crippen LogP contribution >= 0.6 is 0 Å². The Hall–Kier alpha value is -1.58. The molecule has 1 amide bonds. The Morgan fingerprint density at radius 2 is 2.00 bits per heavy atom. The van der Waals surface area contributed by atoms with Gasteiger partial charge in [-0.3, -0.25) is 4.79 Å². The van der Waals surface area contributed by atoms with E-state index >= 15 is 0 Å². The first-order valence-corrected chi connectivity index (χ1v) is 6.40. The number of nitrogens with two attached hydrogens (primary N) is 1. The number of aryl methyl sites for hydroxylation is 1. The van der Waals surface area contributed by atoms with Crippen molar-refractivity contribution in [1.29, 1.82) is 0 Å². The van der Waals surface area contributed by atoms with Gasteiger partial charge in [0.25, 0.3) is 5.91 Å². The van der Waals surface area contributed by atoms with Crippen molar-refractivity contribution in [1.82, 2.24) is 9.88 Å². The van der Waals surface area contributed by atoms with E-state index in [4.69, 9.17) is 5.73 Å². The van der Waals surface area contributed by atoms with Gasteiger partial charge in [0.2, 0.25) is 0 Å². The Morgan fingerprint density at radius 1 is 1.39 bits per heavy atom. The van der Waals surface area contributed by atoms with Crippen LogP contribution in [0.15, 0.2) is 12.1 Å². The molecule has 1 aromatic heterocycles. The summed E-state index contributed by atoms with van der Waals surface area (Å²) in [7, 11) is 1.83. The molecule has 0 saturated heterocycles. The van der Waals surface area contributed by atoms with Crippen LogP contribution in [0.1, 0.15) is 43.7 Å². The number of rotatable bonds is 4. The van der Waals surface area contributed by atoms with Crippen molar-refractivity contribution in [3.63, 3.8) is 0 Å². The average molecular weight is 249 g/mol. The second-order valence-corrected chi connectivity index (χ2v) is 5.03. The number of hydrogen-bond acceptors (Lipinski definition) is 3. The predicted octanol–water partition coefficient (Wildman–Crippen LogP) is 2.34. The van der Waals surface area contributed by atoms with Gasteiger partial charge >= 0.3 is 0 Å². The lowest BCUT2D eigenvalue weighted by atomic mass is 10.0. The minimum atomic E-state index is 0.000000000000000222.